The maximum Gasteiger partial charge on any atom is 0.220 e. The Morgan fingerprint density at radius 2 is 1.94 bits per heavy atom. The smallest absolute Gasteiger partial charge is 0.220 e. The van der Waals surface area contributed by atoms with E-state index < -0.39 is 12.1 Å². The van der Waals surface area contributed by atoms with E-state index in [0.29, 0.717) is 12.8 Å². The fourth-order valence-corrected chi connectivity index (χ4v) is 2.11. The molecule has 4 heteroatoms. The predicted molar refractivity (Wildman–Crippen MR) is 60.9 cm³/mol. The standard InChI is InChI=1S/C12H21NO3/c1-8(14)13-7-9(15)5-10(13)11(16)6-12(2,3)4/h9-10,15H,5-7H2,1-4H3/t9-,10+/m1/s1. The molecule has 1 rings (SSSR count). The van der Waals surface area contributed by atoms with Gasteiger partial charge in [-0.2, -0.15) is 0 Å². The van der Waals surface area contributed by atoms with Gasteiger partial charge in [0.05, 0.1) is 12.1 Å². The predicted octanol–water partition coefficient (Wildman–Crippen LogP) is 0.973. The second-order valence-corrected chi connectivity index (χ2v) is 5.78. The van der Waals surface area contributed by atoms with Crippen LogP contribution in [0.4, 0.5) is 0 Å². The first-order chi connectivity index (χ1) is 7.20. The highest BCUT2D eigenvalue weighted by atomic mass is 16.3. The monoisotopic (exact) mass is 227 g/mol. The molecule has 0 aliphatic carbocycles. The molecule has 1 aliphatic rings. The zero-order chi connectivity index (χ0) is 12.5. The van der Waals surface area contributed by atoms with Crippen LogP contribution in [0.1, 0.15) is 40.5 Å². The van der Waals surface area contributed by atoms with Gasteiger partial charge >= 0.3 is 0 Å². The molecule has 1 saturated heterocycles. The van der Waals surface area contributed by atoms with Gasteiger partial charge in [-0.3, -0.25) is 9.59 Å². The van der Waals surface area contributed by atoms with Gasteiger partial charge in [0.15, 0.2) is 5.78 Å². The third kappa shape index (κ3) is 3.30. The van der Waals surface area contributed by atoms with Crippen LogP contribution in [0.5, 0.6) is 0 Å². The number of β-amino-alcohol motifs (C(OH)–C–C–N with tert-alkyl or cyclic N) is 1. The first-order valence-electron chi connectivity index (χ1n) is 5.69. The van der Waals surface area contributed by atoms with E-state index in [-0.39, 0.29) is 23.7 Å². The molecule has 1 amide bonds. The molecule has 0 aromatic rings. The van der Waals surface area contributed by atoms with E-state index in [9.17, 15) is 14.7 Å². The van der Waals surface area contributed by atoms with Crippen LogP contribution in [0.2, 0.25) is 0 Å². The van der Waals surface area contributed by atoms with Gasteiger partial charge < -0.3 is 10.0 Å². The lowest BCUT2D eigenvalue weighted by Gasteiger charge is -2.25. The number of ketones is 1. The zero-order valence-electron chi connectivity index (χ0n) is 10.5. The Balaban J connectivity index is 2.71. The maximum atomic E-state index is 12.0. The van der Waals surface area contributed by atoms with Crippen molar-refractivity contribution >= 4 is 11.7 Å². The molecular formula is C12H21NO3. The van der Waals surface area contributed by atoms with Crippen LogP contribution in [-0.4, -0.2) is 40.4 Å². The summed E-state index contributed by atoms with van der Waals surface area (Å²) in [6.07, 6.45) is 0.265. The van der Waals surface area contributed by atoms with E-state index in [4.69, 9.17) is 0 Å². The van der Waals surface area contributed by atoms with E-state index >= 15 is 0 Å². The van der Waals surface area contributed by atoms with E-state index in [1.807, 2.05) is 20.8 Å². The van der Waals surface area contributed by atoms with E-state index in [1.165, 1.54) is 11.8 Å². The fraction of sp³-hybridized carbons (Fsp3) is 0.833. The number of hydrogen-bond donors (Lipinski definition) is 1. The third-order valence-electron chi connectivity index (χ3n) is 2.76. The Hall–Kier alpha value is -0.900. The second-order valence-electron chi connectivity index (χ2n) is 5.78. The molecule has 0 spiro atoms. The minimum atomic E-state index is -0.558. The van der Waals surface area contributed by atoms with Crippen LogP contribution in [-0.2, 0) is 9.59 Å². The van der Waals surface area contributed by atoms with Crippen molar-refractivity contribution in [1.82, 2.24) is 4.90 Å². The molecule has 0 radical (unpaired) electrons. The third-order valence-corrected chi connectivity index (χ3v) is 2.76. The quantitative estimate of drug-likeness (QED) is 0.765. The van der Waals surface area contributed by atoms with E-state index in [1.54, 1.807) is 0 Å². The molecule has 92 valence electrons. The molecule has 1 N–H and O–H groups in total. The summed E-state index contributed by atoms with van der Waals surface area (Å²) in [7, 11) is 0. The lowest BCUT2D eigenvalue weighted by molar-refractivity contribution is -0.136. The SMILES string of the molecule is CC(=O)N1C[C@H](O)C[C@H]1C(=O)CC(C)(C)C. The van der Waals surface area contributed by atoms with Crippen molar-refractivity contribution in [3.63, 3.8) is 0 Å². The number of aliphatic hydroxyl groups is 1. The first kappa shape index (κ1) is 13.2. The second kappa shape index (κ2) is 4.53. The summed E-state index contributed by atoms with van der Waals surface area (Å²) in [5.41, 5.74) is -0.0763. The Kier molecular flexibility index (Phi) is 3.73. The normalized spacial score (nSPS) is 25.9. The minimum absolute atomic E-state index is 0.0549. The van der Waals surface area contributed by atoms with Crippen molar-refractivity contribution in [1.29, 1.82) is 0 Å². The molecule has 1 fully saturated rings. The van der Waals surface area contributed by atoms with Crippen molar-refractivity contribution in [2.75, 3.05) is 6.54 Å². The molecule has 0 aromatic carbocycles. The maximum absolute atomic E-state index is 12.0. The zero-order valence-corrected chi connectivity index (χ0v) is 10.5. The summed E-state index contributed by atoms with van der Waals surface area (Å²) in [5.74, 6) is -0.0805. The van der Waals surface area contributed by atoms with Crippen molar-refractivity contribution in [2.45, 2.75) is 52.7 Å². The minimum Gasteiger partial charge on any atom is -0.391 e. The van der Waals surface area contributed by atoms with Crippen LogP contribution >= 0.6 is 0 Å². The van der Waals surface area contributed by atoms with Crippen LogP contribution < -0.4 is 0 Å². The number of hydrogen-bond acceptors (Lipinski definition) is 3. The van der Waals surface area contributed by atoms with Crippen LogP contribution in [0.3, 0.4) is 0 Å². The summed E-state index contributed by atoms with van der Waals surface area (Å²) in [6, 6.07) is -0.424. The molecule has 16 heavy (non-hydrogen) atoms. The average molecular weight is 227 g/mol. The molecule has 0 saturated carbocycles. The Bertz CT molecular complexity index is 293. The largest absolute Gasteiger partial charge is 0.391 e. The van der Waals surface area contributed by atoms with Crippen molar-refractivity contribution < 1.29 is 14.7 Å². The molecule has 0 unspecified atom stereocenters. The molecule has 4 nitrogen and oxygen atoms in total. The van der Waals surface area contributed by atoms with Gasteiger partial charge in [0.2, 0.25) is 5.91 Å². The number of rotatable bonds is 2. The van der Waals surface area contributed by atoms with Gasteiger partial charge in [-0.25, -0.2) is 0 Å². The first-order valence-corrected chi connectivity index (χ1v) is 5.69. The number of nitrogens with zero attached hydrogens (tertiary/aromatic N) is 1. The summed E-state index contributed by atoms with van der Waals surface area (Å²) >= 11 is 0. The van der Waals surface area contributed by atoms with Gasteiger partial charge in [0, 0.05) is 26.3 Å². The topological polar surface area (TPSA) is 57.6 Å². The molecule has 0 bridgehead atoms. The highest BCUT2D eigenvalue weighted by Crippen LogP contribution is 2.25. The number of carbonyl (C=O) groups is 2. The number of Topliss-reactive ketones (excluding diaryl/α,β-unsaturated/α-hetero) is 1. The number of amides is 1. The van der Waals surface area contributed by atoms with Gasteiger partial charge in [-0.1, -0.05) is 20.8 Å². The number of likely N-dealkylation sites (tertiary alicyclic amines) is 1. The van der Waals surface area contributed by atoms with E-state index in [0.717, 1.165) is 0 Å². The van der Waals surface area contributed by atoms with Crippen molar-refractivity contribution in [2.24, 2.45) is 5.41 Å². The van der Waals surface area contributed by atoms with Crippen molar-refractivity contribution in [3.8, 4) is 0 Å². The molecule has 2 atom stereocenters. The van der Waals surface area contributed by atoms with Crippen LogP contribution in [0.25, 0.3) is 0 Å². The number of aliphatic hydroxyl groups excluding tert-OH is 1. The Labute approximate surface area is 96.6 Å². The van der Waals surface area contributed by atoms with Crippen LogP contribution in [0, 0.1) is 5.41 Å². The fourth-order valence-electron chi connectivity index (χ4n) is 2.11. The lowest BCUT2D eigenvalue weighted by Crippen LogP contribution is -2.40. The van der Waals surface area contributed by atoms with Crippen LogP contribution in [0.15, 0.2) is 0 Å². The highest BCUT2D eigenvalue weighted by Gasteiger charge is 2.38. The average Bonchev–Trinajstić information content (AvgIpc) is 2.44. The van der Waals surface area contributed by atoms with Gasteiger partial charge in [0.1, 0.15) is 0 Å². The summed E-state index contributed by atoms with van der Waals surface area (Å²) in [6.45, 7) is 7.71. The Morgan fingerprint density at radius 3 is 2.38 bits per heavy atom. The van der Waals surface area contributed by atoms with E-state index in [2.05, 4.69) is 0 Å². The summed E-state index contributed by atoms with van der Waals surface area (Å²) in [4.78, 5) is 24.8. The Morgan fingerprint density at radius 1 is 1.38 bits per heavy atom. The summed E-state index contributed by atoms with van der Waals surface area (Å²) in [5, 5.41) is 9.52. The van der Waals surface area contributed by atoms with Gasteiger partial charge in [-0.15, -0.1) is 0 Å². The molecule has 1 heterocycles. The van der Waals surface area contributed by atoms with Gasteiger partial charge in [0.25, 0.3) is 0 Å². The molecular weight excluding hydrogens is 206 g/mol. The van der Waals surface area contributed by atoms with Gasteiger partial charge in [-0.05, 0) is 5.41 Å². The lowest BCUT2D eigenvalue weighted by atomic mass is 9.87. The number of carbonyl (C=O) groups excluding carboxylic acids is 2. The molecule has 1 aliphatic heterocycles. The summed E-state index contributed by atoms with van der Waals surface area (Å²) < 4.78 is 0. The van der Waals surface area contributed by atoms with Crippen molar-refractivity contribution in [3.05, 3.63) is 0 Å². The highest BCUT2D eigenvalue weighted by molar-refractivity contribution is 5.89. The molecule has 0 aromatic heterocycles.